The monoisotopic (exact) mass is 346 g/mol. The van der Waals surface area contributed by atoms with Gasteiger partial charge in [-0.1, -0.05) is 12.1 Å². The Bertz CT molecular complexity index is 1100. The maximum Gasteiger partial charge on any atom is 0.175 e. The molecule has 0 saturated carbocycles. The maximum absolute atomic E-state index is 13.9. The summed E-state index contributed by atoms with van der Waals surface area (Å²) < 4.78 is 50.2. The fourth-order valence-electron chi connectivity index (χ4n) is 2.60. The van der Waals surface area contributed by atoms with E-state index in [2.05, 4.69) is 4.98 Å². The highest BCUT2D eigenvalue weighted by atomic mass is 32.2. The molecule has 0 aliphatic rings. The molecule has 0 spiro atoms. The summed E-state index contributed by atoms with van der Waals surface area (Å²) >= 11 is 0. The highest BCUT2D eigenvalue weighted by Gasteiger charge is 2.16. The predicted octanol–water partition coefficient (Wildman–Crippen LogP) is 3.31. The standard InChI is InChI=1S/C17H12F2N2O2S/c1-24(22,23)12-4-5-13-14(17(9-20)21-16(13)8-12)6-10-2-3-11(18)7-15(10)19/h2-5,7-8,21H,6H2,1H3. The van der Waals surface area contributed by atoms with Gasteiger partial charge in [-0.3, -0.25) is 0 Å². The normalized spacial score (nSPS) is 11.6. The molecule has 7 heteroatoms. The number of hydrogen-bond acceptors (Lipinski definition) is 3. The fraction of sp³-hybridized carbons (Fsp3) is 0.118. The molecule has 0 bridgehead atoms. The summed E-state index contributed by atoms with van der Waals surface area (Å²) in [6.45, 7) is 0. The first-order valence-corrected chi connectivity index (χ1v) is 8.87. The first kappa shape index (κ1) is 16.1. The highest BCUT2D eigenvalue weighted by Crippen LogP contribution is 2.28. The van der Waals surface area contributed by atoms with Crippen LogP contribution in [-0.2, 0) is 16.3 Å². The van der Waals surface area contributed by atoms with Gasteiger partial charge in [0, 0.05) is 35.2 Å². The summed E-state index contributed by atoms with van der Waals surface area (Å²) in [5, 5.41) is 9.91. The SMILES string of the molecule is CS(=O)(=O)c1ccc2c(Cc3ccc(F)cc3F)c(C#N)[nH]c2c1. The Kier molecular flexibility index (Phi) is 3.85. The number of nitriles is 1. The van der Waals surface area contributed by atoms with Crippen LogP contribution in [0.4, 0.5) is 8.78 Å². The predicted molar refractivity (Wildman–Crippen MR) is 85.3 cm³/mol. The number of sulfone groups is 1. The number of hydrogen-bond donors (Lipinski definition) is 1. The molecule has 0 radical (unpaired) electrons. The van der Waals surface area contributed by atoms with Gasteiger partial charge in [-0.15, -0.1) is 0 Å². The average Bonchev–Trinajstić information content (AvgIpc) is 2.86. The number of aromatic nitrogens is 1. The van der Waals surface area contributed by atoms with Crippen LogP contribution in [0.25, 0.3) is 10.9 Å². The van der Waals surface area contributed by atoms with Gasteiger partial charge in [0.2, 0.25) is 0 Å². The van der Waals surface area contributed by atoms with E-state index in [0.717, 1.165) is 18.4 Å². The minimum Gasteiger partial charge on any atom is -0.346 e. The van der Waals surface area contributed by atoms with Crippen molar-refractivity contribution >= 4 is 20.7 Å². The molecule has 24 heavy (non-hydrogen) atoms. The van der Waals surface area contributed by atoms with E-state index in [4.69, 9.17) is 0 Å². The molecule has 0 amide bonds. The second-order valence-corrected chi connectivity index (χ2v) is 7.50. The van der Waals surface area contributed by atoms with Gasteiger partial charge >= 0.3 is 0 Å². The molecule has 2 aromatic carbocycles. The maximum atomic E-state index is 13.9. The Morgan fingerprint density at radius 1 is 1.17 bits per heavy atom. The van der Waals surface area contributed by atoms with Crippen LogP contribution in [0.5, 0.6) is 0 Å². The lowest BCUT2D eigenvalue weighted by molar-refractivity contribution is 0.574. The lowest BCUT2D eigenvalue weighted by Crippen LogP contribution is -1.97. The number of nitrogens with zero attached hydrogens (tertiary/aromatic N) is 1. The summed E-state index contributed by atoms with van der Waals surface area (Å²) in [6.07, 6.45) is 1.18. The van der Waals surface area contributed by atoms with Crippen molar-refractivity contribution in [1.82, 2.24) is 4.98 Å². The molecular weight excluding hydrogens is 334 g/mol. The molecule has 0 atom stereocenters. The summed E-state index contributed by atoms with van der Waals surface area (Å²) in [7, 11) is -3.38. The van der Waals surface area contributed by atoms with Crippen LogP contribution < -0.4 is 0 Å². The molecule has 0 aliphatic heterocycles. The number of nitrogens with one attached hydrogen (secondary N) is 1. The average molecular weight is 346 g/mol. The van der Waals surface area contributed by atoms with Gasteiger partial charge in [0.15, 0.2) is 9.84 Å². The second kappa shape index (κ2) is 5.73. The molecule has 3 rings (SSSR count). The van der Waals surface area contributed by atoms with Crippen LogP contribution in [0.2, 0.25) is 0 Å². The van der Waals surface area contributed by atoms with Crippen LogP contribution in [0.15, 0.2) is 41.3 Å². The number of H-pyrrole nitrogens is 1. The van der Waals surface area contributed by atoms with Crippen molar-refractivity contribution in [3.05, 3.63) is 64.9 Å². The third-order valence-electron chi connectivity index (χ3n) is 3.80. The van der Waals surface area contributed by atoms with Crippen molar-refractivity contribution in [1.29, 1.82) is 5.26 Å². The number of rotatable bonds is 3. The molecule has 0 fully saturated rings. The van der Waals surface area contributed by atoms with Crippen molar-refractivity contribution < 1.29 is 17.2 Å². The Labute approximate surface area is 137 Å². The largest absolute Gasteiger partial charge is 0.346 e. The lowest BCUT2D eigenvalue weighted by Gasteiger charge is -2.04. The van der Waals surface area contributed by atoms with Gasteiger partial charge < -0.3 is 4.98 Å². The molecule has 122 valence electrons. The Hall–Kier alpha value is -2.72. The number of halogens is 2. The summed E-state index contributed by atoms with van der Waals surface area (Å²) in [6, 6.07) is 9.73. The zero-order valence-electron chi connectivity index (χ0n) is 12.6. The lowest BCUT2D eigenvalue weighted by atomic mass is 10.0. The minimum atomic E-state index is -3.38. The van der Waals surface area contributed by atoms with Crippen LogP contribution >= 0.6 is 0 Å². The molecule has 4 nitrogen and oxygen atoms in total. The van der Waals surface area contributed by atoms with Crippen molar-refractivity contribution in [2.24, 2.45) is 0 Å². The summed E-state index contributed by atoms with van der Waals surface area (Å²) in [5.41, 5.74) is 1.49. The van der Waals surface area contributed by atoms with Gasteiger partial charge in [-0.25, -0.2) is 17.2 Å². The molecular formula is C17H12F2N2O2S. The Morgan fingerprint density at radius 2 is 1.92 bits per heavy atom. The van der Waals surface area contributed by atoms with Crippen molar-refractivity contribution in [2.75, 3.05) is 6.26 Å². The van der Waals surface area contributed by atoms with E-state index in [9.17, 15) is 22.5 Å². The number of aromatic amines is 1. The molecule has 3 aromatic rings. The van der Waals surface area contributed by atoms with Crippen LogP contribution in [-0.4, -0.2) is 19.7 Å². The van der Waals surface area contributed by atoms with Gasteiger partial charge in [-0.05, 0) is 23.8 Å². The van der Waals surface area contributed by atoms with E-state index in [1.54, 1.807) is 6.07 Å². The fourth-order valence-corrected chi connectivity index (χ4v) is 3.25. The van der Waals surface area contributed by atoms with Crippen LogP contribution in [0.3, 0.4) is 0 Å². The highest BCUT2D eigenvalue weighted by molar-refractivity contribution is 7.90. The van der Waals surface area contributed by atoms with Gasteiger partial charge in [0.1, 0.15) is 23.4 Å². The van der Waals surface area contributed by atoms with Crippen LogP contribution in [0.1, 0.15) is 16.8 Å². The molecule has 0 saturated heterocycles. The quantitative estimate of drug-likeness (QED) is 0.791. The van der Waals surface area contributed by atoms with E-state index in [1.165, 1.54) is 18.2 Å². The van der Waals surface area contributed by atoms with E-state index >= 15 is 0 Å². The molecule has 1 aromatic heterocycles. The second-order valence-electron chi connectivity index (χ2n) is 5.48. The third-order valence-corrected chi connectivity index (χ3v) is 4.91. The summed E-state index contributed by atoms with van der Waals surface area (Å²) in [4.78, 5) is 2.98. The zero-order chi connectivity index (χ0) is 17.5. The van der Waals surface area contributed by atoms with E-state index in [0.29, 0.717) is 16.5 Å². The van der Waals surface area contributed by atoms with E-state index < -0.39 is 21.5 Å². The topological polar surface area (TPSA) is 73.7 Å². The molecule has 1 heterocycles. The van der Waals surface area contributed by atoms with Gasteiger partial charge in [-0.2, -0.15) is 5.26 Å². The summed E-state index contributed by atoms with van der Waals surface area (Å²) in [5.74, 6) is -1.37. The van der Waals surface area contributed by atoms with Crippen LogP contribution in [0, 0.1) is 23.0 Å². The Morgan fingerprint density at radius 3 is 2.54 bits per heavy atom. The molecule has 0 unspecified atom stereocenters. The zero-order valence-corrected chi connectivity index (χ0v) is 13.4. The molecule has 0 aliphatic carbocycles. The minimum absolute atomic E-state index is 0.0905. The van der Waals surface area contributed by atoms with E-state index in [-0.39, 0.29) is 22.6 Å². The number of fused-ring (bicyclic) bond motifs is 1. The smallest absolute Gasteiger partial charge is 0.175 e. The Balaban J connectivity index is 2.15. The van der Waals surface area contributed by atoms with Crippen molar-refractivity contribution in [3.8, 4) is 6.07 Å². The number of benzene rings is 2. The van der Waals surface area contributed by atoms with E-state index in [1.807, 2.05) is 6.07 Å². The first-order chi connectivity index (χ1) is 11.3. The third kappa shape index (κ3) is 2.88. The van der Waals surface area contributed by atoms with Gasteiger partial charge in [0.05, 0.1) is 4.90 Å². The van der Waals surface area contributed by atoms with Gasteiger partial charge in [0.25, 0.3) is 0 Å². The molecule has 1 N–H and O–H groups in total. The first-order valence-electron chi connectivity index (χ1n) is 6.98. The van der Waals surface area contributed by atoms with Crippen molar-refractivity contribution in [2.45, 2.75) is 11.3 Å². The van der Waals surface area contributed by atoms with Crippen molar-refractivity contribution in [3.63, 3.8) is 0 Å².